The number of likely N-dealkylation sites (N-methyl/N-ethyl adjacent to an activating group) is 1. The Morgan fingerprint density at radius 1 is 1.44 bits per heavy atom. The fourth-order valence-electron chi connectivity index (χ4n) is 2.15. The van der Waals surface area contributed by atoms with Gasteiger partial charge in [-0.25, -0.2) is 0 Å². The summed E-state index contributed by atoms with van der Waals surface area (Å²) in [6.45, 7) is 2.49. The third kappa shape index (κ3) is 2.45. The van der Waals surface area contributed by atoms with Crippen LogP contribution in [0, 0.1) is 0 Å². The van der Waals surface area contributed by atoms with E-state index in [0.29, 0.717) is 25.1 Å². The second-order valence-corrected chi connectivity index (χ2v) is 4.32. The monoisotopic (exact) mass is 247 g/mol. The number of nitrogen functional groups attached to an aromatic ring is 1. The van der Waals surface area contributed by atoms with E-state index in [9.17, 15) is 9.59 Å². The van der Waals surface area contributed by atoms with Gasteiger partial charge >= 0.3 is 0 Å². The molecule has 1 aromatic carbocycles. The topological polar surface area (TPSA) is 75.4 Å². The molecular weight excluding hydrogens is 230 g/mol. The first-order valence-electron chi connectivity index (χ1n) is 6.07. The molecule has 2 rings (SSSR count). The van der Waals surface area contributed by atoms with Crippen molar-refractivity contribution in [1.29, 1.82) is 0 Å². The van der Waals surface area contributed by atoms with Crippen LogP contribution in [0.2, 0.25) is 0 Å². The predicted octanol–water partition coefficient (Wildman–Crippen LogP) is 0.684. The van der Waals surface area contributed by atoms with Crippen LogP contribution in [0.5, 0.6) is 0 Å². The summed E-state index contributed by atoms with van der Waals surface area (Å²) in [5, 5.41) is 2.70. The lowest BCUT2D eigenvalue weighted by Crippen LogP contribution is -2.43. The molecule has 3 N–H and O–H groups in total. The highest BCUT2D eigenvalue weighted by molar-refractivity contribution is 6.01. The maximum Gasteiger partial charge on any atom is 0.240 e. The molecule has 0 atom stereocenters. The Kier molecular flexibility index (Phi) is 3.50. The van der Waals surface area contributed by atoms with Gasteiger partial charge in [0.2, 0.25) is 11.8 Å². The summed E-state index contributed by atoms with van der Waals surface area (Å²) >= 11 is 0. The SMILES string of the molecule is CCNC(=O)CN1C(=O)CCc2cc(N)ccc21. The smallest absolute Gasteiger partial charge is 0.240 e. The van der Waals surface area contributed by atoms with Crippen molar-refractivity contribution in [2.24, 2.45) is 0 Å². The molecule has 1 aromatic rings. The molecule has 1 heterocycles. The second kappa shape index (κ2) is 5.08. The number of benzene rings is 1. The normalized spacial score (nSPS) is 14.3. The minimum atomic E-state index is -0.143. The number of rotatable bonds is 3. The number of carbonyl (C=O) groups excluding carboxylic acids is 2. The molecule has 0 aliphatic carbocycles. The zero-order valence-electron chi connectivity index (χ0n) is 10.4. The molecule has 0 aromatic heterocycles. The molecule has 0 spiro atoms. The van der Waals surface area contributed by atoms with Gasteiger partial charge in [-0.2, -0.15) is 0 Å². The van der Waals surface area contributed by atoms with Gasteiger partial charge in [0.05, 0.1) is 0 Å². The minimum absolute atomic E-state index is 0.0153. The molecule has 1 aliphatic heterocycles. The van der Waals surface area contributed by atoms with Crippen molar-refractivity contribution >= 4 is 23.2 Å². The van der Waals surface area contributed by atoms with Crippen LogP contribution in [-0.2, 0) is 16.0 Å². The van der Waals surface area contributed by atoms with E-state index < -0.39 is 0 Å². The largest absolute Gasteiger partial charge is 0.399 e. The number of hydrogen-bond acceptors (Lipinski definition) is 3. The van der Waals surface area contributed by atoms with Gasteiger partial charge in [-0.05, 0) is 37.1 Å². The fourth-order valence-corrected chi connectivity index (χ4v) is 2.15. The van der Waals surface area contributed by atoms with Gasteiger partial charge in [0.15, 0.2) is 0 Å². The zero-order valence-corrected chi connectivity index (χ0v) is 10.4. The molecule has 96 valence electrons. The lowest BCUT2D eigenvalue weighted by Gasteiger charge is -2.29. The Bertz CT molecular complexity index is 485. The Morgan fingerprint density at radius 2 is 2.22 bits per heavy atom. The lowest BCUT2D eigenvalue weighted by molar-refractivity contribution is -0.124. The van der Waals surface area contributed by atoms with Crippen molar-refractivity contribution in [3.05, 3.63) is 23.8 Å². The van der Waals surface area contributed by atoms with Gasteiger partial charge in [0.1, 0.15) is 6.54 Å². The molecule has 2 amide bonds. The molecule has 0 unspecified atom stereocenters. The van der Waals surface area contributed by atoms with E-state index in [1.807, 2.05) is 13.0 Å². The third-order valence-electron chi connectivity index (χ3n) is 2.98. The molecular formula is C13H17N3O2. The van der Waals surface area contributed by atoms with Crippen LogP contribution in [0.1, 0.15) is 18.9 Å². The summed E-state index contributed by atoms with van der Waals surface area (Å²) in [5.74, 6) is -0.158. The number of anilines is 2. The van der Waals surface area contributed by atoms with Crippen molar-refractivity contribution in [2.75, 3.05) is 23.7 Å². The van der Waals surface area contributed by atoms with Gasteiger partial charge < -0.3 is 16.0 Å². The molecule has 5 heteroatoms. The number of nitrogens with two attached hydrogens (primary N) is 1. The maximum atomic E-state index is 11.9. The van der Waals surface area contributed by atoms with Crippen LogP contribution >= 0.6 is 0 Å². The first kappa shape index (κ1) is 12.4. The maximum absolute atomic E-state index is 11.9. The first-order chi connectivity index (χ1) is 8.61. The predicted molar refractivity (Wildman–Crippen MR) is 70.2 cm³/mol. The van der Waals surface area contributed by atoms with Crippen molar-refractivity contribution in [2.45, 2.75) is 19.8 Å². The third-order valence-corrected chi connectivity index (χ3v) is 2.98. The highest BCUT2D eigenvalue weighted by Gasteiger charge is 2.25. The summed E-state index contributed by atoms with van der Waals surface area (Å²) in [6.07, 6.45) is 1.11. The number of amides is 2. The van der Waals surface area contributed by atoms with Crippen LogP contribution in [-0.4, -0.2) is 24.9 Å². The number of carbonyl (C=O) groups is 2. The summed E-state index contributed by atoms with van der Waals surface area (Å²) in [5.41, 5.74) is 8.23. The summed E-state index contributed by atoms with van der Waals surface area (Å²) < 4.78 is 0. The van der Waals surface area contributed by atoms with Crippen LogP contribution in [0.4, 0.5) is 11.4 Å². The number of fused-ring (bicyclic) bond motifs is 1. The van der Waals surface area contributed by atoms with E-state index in [1.165, 1.54) is 4.90 Å². The van der Waals surface area contributed by atoms with Crippen LogP contribution < -0.4 is 16.0 Å². The van der Waals surface area contributed by atoms with E-state index in [2.05, 4.69) is 5.32 Å². The Balaban J connectivity index is 2.25. The van der Waals surface area contributed by atoms with Crippen molar-refractivity contribution in [1.82, 2.24) is 5.32 Å². The van der Waals surface area contributed by atoms with Crippen LogP contribution in [0.25, 0.3) is 0 Å². The Labute approximate surface area is 106 Å². The van der Waals surface area contributed by atoms with Gasteiger partial charge in [-0.1, -0.05) is 0 Å². The van der Waals surface area contributed by atoms with E-state index in [4.69, 9.17) is 5.73 Å². The molecule has 0 radical (unpaired) electrons. The van der Waals surface area contributed by atoms with Gasteiger partial charge in [-0.15, -0.1) is 0 Å². The van der Waals surface area contributed by atoms with Crippen LogP contribution in [0.3, 0.4) is 0 Å². The molecule has 0 saturated carbocycles. The second-order valence-electron chi connectivity index (χ2n) is 4.32. The summed E-state index contributed by atoms with van der Waals surface area (Å²) in [7, 11) is 0. The zero-order chi connectivity index (χ0) is 13.1. The van der Waals surface area contributed by atoms with Crippen molar-refractivity contribution < 1.29 is 9.59 Å². The fraction of sp³-hybridized carbons (Fsp3) is 0.385. The first-order valence-corrected chi connectivity index (χ1v) is 6.07. The number of nitrogens with zero attached hydrogens (tertiary/aromatic N) is 1. The van der Waals surface area contributed by atoms with Crippen molar-refractivity contribution in [3.8, 4) is 0 Å². The van der Waals surface area contributed by atoms with Gasteiger partial charge in [0, 0.05) is 24.3 Å². The molecule has 18 heavy (non-hydrogen) atoms. The van der Waals surface area contributed by atoms with E-state index in [0.717, 1.165) is 11.3 Å². The highest BCUT2D eigenvalue weighted by atomic mass is 16.2. The van der Waals surface area contributed by atoms with Crippen LogP contribution in [0.15, 0.2) is 18.2 Å². The van der Waals surface area contributed by atoms with E-state index in [-0.39, 0.29) is 18.4 Å². The van der Waals surface area contributed by atoms with E-state index >= 15 is 0 Å². The summed E-state index contributed by atoms with van der Waals surface area (Å²) in [6, 6.07) is 5.43. The molecule has 0 fully saturated rings. The van der Waals surface area contributed by atoms with Gasteiger partial charge in [0.25, 0.3) is 0 Å². The highest BCUT2D eigenvalue weighted by Crippen LogP contribution is 2.29. The molecule has 5 nitrogen and oxygen atoms in total. The average Bonchev–Trinajstić information content (AvgIpc) is 2.33. The number of aryl methyl sites for hydroxylation is 1. The minimum Gasteiger partial charge on any atom is -0.399 e. The number of nitrogens with one attached hydrogen (secondary N) is 1. The van der Waals surface area contributed by atoms with Gasteiger partial charge in [-0.3, -0.25) is 9.59 Å². The Hall–Kier alpha value is -2.04. The van der Waals surface area contributed by atoms with Crippen molar-refractivity contribution in [3.63, 3.8) is 0 Å². The Morgan fingerprint density at radius 3 is 2.94 bits per heavy atom. The average molecular weight is 247 g/mol. The molecule has 0 bridgehead atoms. The lowest BCUT2D eigenvalue weighted by atomic mass is 10.0. The molecule has 1 aliphatic rings. The van der Waals surface area contributed by atoms with E-state index in [1.54, 1.807) is 12.1 Å². The number of hydrogen-bond donors (Lipinski definition) is 2. The quantitative estimate of drug-likeness (QED) is 0.771. The summed E-state index contributed by atoms with van der Waals surface area (Å²) in [4.78, 5) is 25.0. The standard InChI is InChI=1S/C13H17N3O2/c1-2-15-12(17)8-16-11-5-4-10(14)7-9(11)3-6-13(16)18/h4-5,7H,2-3,6,8,14H2,1H3,(H,15,17). The molecule has 0 saturated heterocycles.